The van der Waals surface area contributed by atoms with E-state index < -0.39 is 0 Å². The van der Waals surface area contributed by atoms with E-state index in [1.807, 2.05) is 4.90 Å². The van der Waals surface area contributed by atoms with Gasteiger partial charge in [-0.1, -0.05) is 0 Å². The summed E-state index contributed by atoms with van der Waals surface area (Å²) in [5.74, 6) is 0.603. The second kappa shape index (κ2) is 9.37. The maximum absolute atomic E-state index is 12.4. The molecule has 0 aromatic carbocycles. The fourth-order valence-corrected chi connectivity index (χ4v) is 2.57. The predicted octanol–water partition coefficient (Wildman–Crippen LogP) is 1.11. The van der Waals surface area contributed by atoms with Crippen molar-refractivity contribution in [2.75, 3.05) is 26.2 Å². The molecule has 2 rings (SSSR count). The Morgan fingerprint density at radius 3 is 2.68 bits per heavy atom. The molecule has 2 heterocycles. The zero-order chi connectivity index (χ0) is 14.7. The van der Waals surface area contributed by atoms with Gasteiger partial charge in [0.05, 0.1) is 18.2 Å². The van der Waals surface area contributed by atoms with Crippen LogP contribution in [0.3, 0.4) is 0 Å². The molecule has 128 valence electrons. The average Bonchev–Trinajstić information content (AvgIpc) is 2.88. The van der Waals surface area contributed by atoms with Crippen LogP contribution < -0.4 is 5.73 Å². The van der Waals surface area contributed by atoms with Gasteiger partial charge in [0, 0.05) is 32.2 Å². The number of rotatable bonds is 4. The zero-order valence-corrected chi connectivity index (χ0v) is 14.5. The first-order chi connectivity index (χ1) is 9.51. The van der Waals surface area contributed by atoms with Crippen molar-refractivity contribution in [3.05, 3.63) is 23.7 Å². The van der Waals surface area contributed by atoms with Gasteiger partial charge in [0.25, 0.3) is 5.91 Å². The Hall–Kier alpha value is -0.790. The summed E-state index contributed by atoms with van der Waals surface area (Å²) >= 11 is 0. The number of nitrogens with zero attached hydrogens (tertiary/aromatic N) is 2. The quantitative estimate of drug-likeness (QED) is 0.846. The molecule has 0 bridgehead atoms. The van der Waals surface area contributed by atoms with E-state index in [9.17, 15) is 9.90 Å². The standard InChI is InChI=1S/C14H23N3O3.2ClH/c1-10-7-17(4-3-16(10)8-11(2)18)14(19)12-5-13(6-15)20-9-12;;/h5,9-11,18H,3-4,6-8,15H2,1-2H3;2*1H. The van der Waals surface area contributed by atoms with Crippen molar-refractivity contribution in [2.24, 2.45) is 5.73 Å². The number of furan rings is 1. The van der Waals surface area contributed by atoms with Crippen molar-refractivity contribution in [3.63, 3.8) is 0 Å². The summed E-state index contributed by atoms with van der Waals surface area (Å²) in [5, 5.41) is 9.46. The molecule has 2 unspecified atom stereocenters. The summed E-state index contributed by atoms with van der Waals surface area (Å²) in [5.41, 5.74) is 6.04. The lowest BCUT2D eigenvalue weighted by Gasteiger charge is -2.40. The molecule has 0 aliphatic carbocycles. The summed E-state index contributed by atoms with van der Waals surface area (Å²) in [6.07, 6.45) is 1.12. The SMILES string of the molecule is CC(O)CN1CCN(C(=O)c2coc(CN)c2)CC1C.Cl.Cl. The number of aliphatic hydroxyl groups excluding tert-OH is 1. The molecule has 6 nitrogen and oxygen atoms in total. The fraction of sp³-hybridized carbons (Fsp3) is 0.643. The average molecular weight is 354 g/mol. The van der Waals surface area contributed by atoms with Crippen LogP contribution >= 0.6 is 24.8 Å². The second-order valence-corrected chi connectivity index (χ2v) is 5.45. The van der Waals surface area contributed by atoms with Gasteiger partial charge in [0.15, 0.2) is 0 Å². The van der Waals surface area contributed by atoms with Crippen LogP contribution in [-0.4, -0.2) is 59.1 Å². The molecule has 22 heavy (non-hydrogen) atoms. The Bertz CT molecular complexity index is 468. The number of amides is 1. The highest BCUT2D eigenvalue weighted by Crippen LogP contribution is 2.15. The fourth-order valence-electron chi connectivity index (χ4n) is 2.57. The first-order valence-electron chi connectivity index (χ1n) is 7.00. The Morgan fingerprint density at radius 2 is 2.18 bits per heavy atom. The molecule has 2 atom stereocenters. The Labute approximate surface area is 143 Å². The van der Waals surface area contributed by atoms with Gasteiger partial charge in [-0.05, 0) is 19.9 Å². The summed E-state index contributed by atoms with van der Waals surface area (Å²) in [7, 11) is 0. The molecule has 3 N–H and O–H groups in total. The number of hydrogen-bond acceptors (Lipinski definition) is 5. The largest absolute Gasteiger partial charge is 0.467 e. The first-order valence-corrected chi connectivity index (χ1v) is 7.00. The normalized spacial score (nSPS) is 20.0. The number of aliphatic hydroxyl groups is 1. The van der Waals surface area contributed by atoms with Crippen LogP contribution in [-0.2, 0) is 6.54 Å². The molecule has 0 spiro atoms. The minimum Gasteiger partial charge on any atom is -0.467 e. The van der Waals surface area contributed by atoms with E-state index in [0.29, 0.717) is 37.5 Å². The van der Waals surface area contributed by atoms with Crippen molar-refractivity contribution < 1.29 is 14.3 Å². The monoisotopic (exact) mass is 353 g/mol. The summed E-state index contributed by atoms with van der Waals surface area (Å²) in [4.78, 5) is 16.4. The lowest BCUT2D eigenvalue weighted by Crippen LogP contribution is -2.54. The van der Waals surface area contributed by atoms with Gasteiger partial charge in [-0.3, -0.25) is 9.69 Å². The molecule has 1 aliphatic heterocycles. The Kier molecular flexibility index (Phi) is 9.04. The minimum atomic E-state index is -0.347. The smallest absolute Gasteiger partial charge is 0.257 e. The van der Waals surface area contributed by atoms with Crippen molar-refractivity contribution in [3.8, 4) is 0 Å². The van der Waals surface area contributed by atoms with E-state index in [0.717, 1.165) is 6.54 Å². The lowest BCUT2D eigenvalue weighted by molar-refractivity contribution is 0.0364. The van der Waals surface area contributed by atoms with Crippen molar-refractivity contribution >= 4 is 30.7 Å². The topological polar surface area (TPSA) is 82.9 Å². The van der Waals surface area contributed by atoms with Gasteiger partial charge in [-0.2, -0.15) is 0 Å². The van der Waals surface area contributed by atoms with E-state index in [1.165, 1.54) is 6.26 Å². The predicted molar refractivity (Wildman–Crippen MR) is 89.7 cm³/mol. The molecule has 1 fully saturated rings. The number of β-amino-alcohol motifs (C(OH)–C–C–N with tert-alkyl or cyclic N) is 1. The zero-order valence-electron chi connectivity index (χ0n) is 12.9. The maximum atomic E-state index is 12.4. The van der Waals surface area contributed by atoms with Gasteiger partial charge in [-0.15, -0.1) is 24.8 Å². The van der Waals surface area contributed by atoms with Crippen LogP contribution in [0.15, 0.2) is 16.7 Å². The van der Waals surface area contributed by atoms with Crippen LogP contribution in [0, 0.1) is 0 Å². The number of nitrogens with two attached hydrogens (primary N) is 1. The summed E-state index contributed by atoms with van der Waals surface area (Å²) < 4.78 is 5.21. The van der Waals surface area contributed by atoms with Crippen LogP contribution in [0.4, 0.5) is 0 Å². The van der Waals surface area contributed by atoms with Gasteiger partial charge in [0.2, 0.25) is 0 Å². The molecule has 1 saturated heterocycles. The minimum absolute atomic E-state index is 0. The molecule has 8 heteroatoms. The summed E-state index contributed by atoms with van der Waals surface area (Å²) in [6.45, 7) is 6.90. The molecular weight excluding hydrogens is 329 g/mol. The van der Waals surface area contributed by atoms with Crippen molar-refractivity contribution in [1.29, 1.82) is 0 Å². The number of hydrogen-bond donors (Lipinski definition) is 2. The summed E-state index contributed by atoms with van der Waals surface area (Å²) in [6, 6.07) is 1.94. The second-order valence-electron chi connectivity index (χ2n) is 5.45. The highest BCUT2D eigenvalue weighted by atomic mass is 35.5. The third-order valence-electron chi connectivity index (χ3n) is 3.65. The van der Waals surface area contributed by atoms with E-state index in [1.54, 1.807) is 13.0 Å². The first kappa shape index (κ1) is 21.2. The molecule has 1 amide bonds. The van der Waals surface area contributed by atoms with E-state index in [2.05, 4.69) is 11.8 Å². The number of piperazine rings is 1. The van der Waals surface area contributed by atoms with E-state index in [4.69, 9.17) is 10.2 Å². The highest BCUT2D eigenvalue weighted by Gasteiger charge is 2.28. The van der Waals surface area contributed by atoms with Gasteiger partial charge < -0.3 is 20.2 Å². The molecule has 0 saturated carbocycles. The molecule has 1 aromatic rings. The van der Waals surface area contributed by atoms with E-state index >= 15 is 0 Å². The Morgan fingerprint density at radius 1 is 1.50 bits per heavy atom. The number of carbonyl (C=O) groups is 1. The number of halogens is 2. The van der Waals surface area contributed by atoms with Gasteiger partial charge >= 0.3 is 0 Å². The van der Waals surface area contributed by atoms with Crippen LogP contribution in [0.5, 0.6) is 0 Å². The van der Waals surface area contributed by atoms with Gasteiger partial charge in [0.1, 0.15) is 12.0 Å². The van der Waals surface area contributed by atoms with E-state index in [-0.39, 0.29) is 42.9 Å². The molecule has 1 aliphatic rings. The lowest BCUT2D eigenvalue weighted by atomic mass is 10.1. The third-order valence-corrected chi connectivity index (χ3v) is 3.65. The molecular formula is C14H25Cl2N3O3. The van der Waals surface area contributed by atoms with Crippen LogP contribution in [0.1, 0.15) is 30.0 Å². The Balaban J connectivity index is 0.00000220. The highest BCUT2D eigenvalue weighted by molar-refractivity contribution is 5.94. The molecule has 1 aromatic heterocycles. The van der Waals surface area contributed by atoms with Crippen molar-refractivity contribution in [2.45, 2.75) is 32.5 Å². The van der Waals surface area contributed by atoms with Gasteiger partial charge in [-0.25, -0.2) is 0 Å². The van der Waals surface area contributed by atoms with Crippen LogP contribution in [0.2, 0.25) is 0 Å². The van der Waals surface area contributed by atoms with Crippen molar-refractivity contribution in [1.82, 2.24) is 9.80 Å². The van der Waals surface area contributed by atoms with Crippen LogP contribution in [0.25, 0.3) is 0 Å². The molecule has 0 radical (unpaired) electrons. The maximum Gasteiger partial charge on any atom is 0.257 e. The number of carbonyl (C=O) groups excluding carboxylic acids is 1. The third kappa shape index (κ3) is 5.14.